The average molecular weight is 705 g/mol. The predicted molar refractivity (Wildman–Crippen MR) is 225 cm³/mol. The van der Waals surface area contributed by atoms with E-state index in [1.165, 1.54) is 64.0 Å². The summed E-state index contributed by atoms with van der Waals surface area (Å²) in [6.07, 6.45) is 0. The van der Waals surface area contributed by atoms with Crippen LogP contribution in [-0.4, -0.2) is 19.5 Å². The van der Waals surface area contributed by atoms with Crippen LogP contribution in [0.5, 0.6) is 0 Å². The van der Waals surface area contributed by atoms with E-state index in [-0.39, 0.29) is 0 Å². The zero-order valence-corrected chi connectivity index (χ0v) is 29.7. The summed E-state index contributed by atoms with van der Waals surface area (Å²) in [5.74, 6) is 1.93. The van der Waals surface area contributed by atoms with Gasteiger partial charge in [0.25, 0.3) is 0 Å². The van der Waals surface area contributed by atoms with Crippen LogP contribution >= 0.6 is 11.3 Å². The number of rotatable bonds is 4. The molecule has 0 fully saturated rings. The van der Waals surface area contributed by atoms with Gasteiger partial charge in [0.1, 0.15) is 0 Å². The first-order valence-corrected chi connectivity index (χ1v) is 19.0. The molecule has 8 aromatic carbocycles. The van der Waals surface area contributed by atoms with Crippen molar-refractivity contribution in [3.8, 4) is 62.1 Å². The van der Waals surface area contributed by atoms with E-state index in [2.05, 4.69) is 138 Å². The minimum atomic E-state index is 0.641. The largest absolute Gasteiger partial charge is 0.307 e. The SMILES string of the molecule is c1ccc(-c2nc(-c3ccccc3)nc(-c3ccc4c(sc5ccccc54)c3-n3c4cccc5c4c4c6c(cccc6ccc43)-c3ccccc3-5)n2)cc1. The second-order valence-electron chi connectivity index (χ2n) is 13.9. The minimum Gasteiger partial charge on any atom is -0.307 e. The lowest BCUT2D eigenvalue weighted by Crippen LogP contribution is -2.04. The maximum Gasteiger partial charge on any atom is 0.166 e. The molecule has 54 heavy (non-hydrogen) atoms. The van der Waals surface area contributed by atoms with Crippen molar-refractivity contribution >= 4 is 64.1 Å². The number of hydrogen-bond acceptors (Lipinski definition) is 4. The first kappa shape index (κ1) is 29.6. The summed E-state index contributed by atoms with van der Waals surface area (Å²) in [5.41, 5.74) is 11.3. The maximum atomic E-state index is 5.28. The highest BCUT2D eigenvalue weighted by Crippen LogP contribution is 2.51. The molecule has 12 rings (SSSR count). The molecule has 0 radical (unpaired) electrons. The molecule has 4 nitrogen and oxygen atoms in total. The molecule has 0 saturated heterocycles. The normalized spacial score (nSPS) is 12.1. The summed E-state index contributed by atoms with van der Waals surface area (Å²) in [5, 5.41) is 7.55. The Morgan fingerprint density at radius 2 is 0.963 bits per heavy atom. The zero-order valence-electron chi connectivity index (χ0n) is 28.9. The fraction of sp³-hybridized carbons (Fsp3) is 0. The number of benzene rings is 8. The van der Waals surface area contributed by atoms with Gasteiger partial charge < -0.3 is 4.57 Å². The molecule has 0 spiro atoms. The van der Waals surface area contributed by atoms with Crippen molar-refractivity contribution in [1.82, 2.24) is 19.5 Å². The van der Waals surface area contributed by atoms with Gasteiger partial charge in [0, 0.05) is 42.9 Å². The number of fused-ring (bicyclic) bond motifs is 6. The monoisotopic (exact) mass is 704 g/mol. The molecular formula is C49H28N4S. The van der Waals surface area contributed by atoms with Gasteiger partial charge in [-0.3, -0.25) is 0 Å². The fourth-order valence-electron chi connectivity index (χ4n) is 8.68. The Bertz CT molecular complexity index is 3270. The van der Waals surface area contributed by atoms with Crippen LogP contribution in [0.4, 0.5) is 0 Å². The molecule has 5 heteroatoms. The van der Waals surface area contributed by atoms with Crippen molar-refractivity contribution in [2.75, 3.05) is 0 Å². The molecular weight excluding hydrogens is 677 g/mol. The second-order valence-corrected chi connectivity index (χ2v) is 15.0. The summed E-state index contributed by atoms with van der Waals surface area (Å²) >= 11 is 1.84. The van der Waals surface area contributed by atoms with Gasteiger partial charge in [-0.1, -0.05) is 146 Å². The molecule has 250 valence electrons. The van der Waals surface area contributed by atoms with E-state index < -0.39 is 0 Å². The first-order chi connectivity index (χ1) is 26.8. The lowest BCUT2D eigenvalue weighted by molar-refractivity contribution is 1.07. The van der Waals surface area contributed by atoms with Crippen LogP contribution in [0.3, 0.4) is 0 Å². The van der Waals surface area contributed by atoms with Crippen LogP contribution in [0.15, 0.2) is 170 Å². The van der Waals surface area contributed by atoms with Gasteiger partial charge in [-0.15, -0.1) is 11.3 Å². The quantitative estimate of drug-likeness (QED) is 0.183. The van der Waals surface area contributed by atoms with E-state index in [4.69, 9.17) is 15.0 Å². The van der Waals surface area contributed by atoms with E-state index in [1.54, 1.807) is 0 Å². The Morgan fingerprint density at radius 3 is 1.70 bits per heavy atom. The summed E-state index contributed by atoms with van der Waals surface area (Å²) in [6.45, 7) is 0. The highest BCUT2D eigenvalue weighted by molar-refractivity contribution is 7.26. The van der Waals surface area contributed by atoms with Gasteiger partial charge in [0.2, 0.25) is 0 Å². The van der Waals surface area contributed by atoms with E-state index >= 15 is 0 Å². The summed E-state index contributed by atoms with van der Waals surface area (Å²) < 4.78 is 4.95. The first-order valence-electron chi connectivity index (χ1n) is 18.2. The molecule has 0 saturated carbocycles. The number of thiophene rings is 1. The molecule has 0 bridgehead atoms. The van der Waals surface area contributed by atoms with Gasteiger partial charge >= 0.3 is 0 Å². The minimum absolute atomic E-state index is 0.641. The van der Waals surface area contributed by atoms with Gasteiger partial charge in [0.05, 0.1) is 21.4 Å². The summed E-state index contributed by atoms with van der Waals surface area (Å²) in [7, 11) is 0. The predicted octanol–water partition coefficient (Wildman–Crippen LogP) is 13.1. The van der Waals surface area contributed by atoms with Crippen molar-refractivity contribution in [1.29, 1.82) is 0 Å². The number of nitrogens with zero attached hydrogens (tertiary/aromatic N) is 4. The molecule has 3 aromatic heterocycles. The maximum absolute atomic E-state index is 5.28. The average Bonchev–Trinajstić information content (AvgIpc) is 3.76. The smallest absolute Gasteiger partial charge is 0.166 e. The lowest BCUT2D eigenvalue weighted by atomic mass is 9.93. The zero-order chi connectivity index (χ0) is 35.3. The van der Waals surface area contributed by atoms with Crippen molar-refractivity contribution in [3.05, 3.63) is 170 Å². The molecule has 0 unspecified atom stereocenters. The Hall–Kier alpha value is -6.95. The molecule has 3 heterocycles. The highest BCUT2D eigenvalue weighted by Gasteiger charge is 2.28. The van der Waals surface area contributed by atoms with Crippen molar-refractivity contribution in [2.45, 2.75) is 0 Å². The van der Waals surface area contributed by atoms with Crippen molar-refractivity contribution in [2.24, 2.45) is 0 Å². The molecule has 1 aliphatic rings. The van der Waals surface area contributed by atoms with Crippen LogP contribution < -0.4 is 0 Å². The van der Waals surface area contributed by atoms with Crippen molar-refractivity contribution in [3.63, 3.8) is 0 Å². The third-order valence-electron chi connectivity index (χ3n) is 11.0. The Morgan fingerprint density at radius 1 is 0.370 bits per heavy atom. The molecule has 0 amide bonds. The second kappa shape index (κ2) is 11.3. The third-order valence-corrected chi connectivity index (χ3v) is 12.2. The Balaban J connectivity index is 1.27. The highest BCUT2D eigenvalue weighted by atomic mass is 32.1. The lowest BCUT2D eigenvalue weighted by Gasteiger charge is -2.17. The number of aromatic nitrogens is 4. The third kappa shape index (κ3) is 4.15. The molecule has 0 N–H and O–H groups in total. The topological polar surface area (TPSA) is 43.6 Å². The van der Waals surface area contributed by atoms with Crippen LogP contribution in [0.25, 0.3) is 115 Å². The Labute approximate surface area is 314 Å². The molecule has 0 aliphatic heterocycles. The van der Waals surface area contributed by atoms with E-state index in [9.17, 15) is 0 Å². The van der Waals surface area contributed by atoms with Crippen LogP contribution in [0.2, 0.25) is 0 Å². The Kier molecular flexibility index (Phi) is 6.18. The van der Waals surface area contributed by atoms with Gasteiger partial charge in [-0.25, -0.2) is 15.0 Å². The van der Waals surface area contributed by atoms with Gasteiger partial charge in [-0.2, -0.15) is 0 Å². The fourth-order valence-corrected chi connectivity index (χ4v) is 9.92. The summed E-state index contributed by atoms with van der Waals surface area (Å²) in [4.78, 5) is 15.6. The standard InChI is InChI=1S/C49H28N4S/c1-3-13-30(14-4-1)47-50-48(31-15-5-2-6-16-31)52-49(51-47)38-27-26-37-34-20-9-10-24-41(34)54-46(37)45(38)53-39-23-12-22-36-33-19-8-7-18-32(33)35-21-11-17-29-25-28-40(53)44(42(29)35)43(36)39/h1-28H. The number of hydrogen-bond donors (Lipinski definition) is 0. The summed E-state index contributed by atoms with van der Waals surface area (Å²) in [6, 6.07) is 60.7. The van der Waals surface area contributed by atoms with Crippen molar-refractivity contribution < 1.29 is 0 Å². The van der Waals surface area contributed by atoms with Crippen LogP contribution in [-0.2, 0) is 0 Å². The van der Waals surface area contributed by atoms with Crippen LogP contribution in [0, 0.1) is 0 Å². The molecule has 11 aromatic rings. The van der Waals surface area contributed by atoms with Gasteiger partial charge in [0.15, 0.2) is 17.5 Å². The van der Waals surface area contributed by atoms with Crippen LogP contribution in [0.1, 0.15) is 0 Å². The van der Waals surface area contributed by atoms with E-state index in [0.29, 0.717) is 17.5 Å². The molecule has 0 atom stereocenters. The molecule has 1 aliphatic carbocycles. The van der Waals surface area contributed by atoms with E-state index in [0.717, 1.165) is 33.4 Å². The van der Waals surface area contributed by atoms with Gasteiger partial charge in [-0.05, 0) is 57.3 Å². The van der Waals surface area contributed by atoms with E-state index in [1.807, 2.05) is 47.7 Å².